The molecule has 0 aromatic carbocycles. The quantitative estimate of drug-likeness (QED) is 0.759. The first-order chi connectivity index (χ1) is 11.5. The Balaban J connectivity index is 2.19. The van der Waals surface area contributed by atoms with Crippen molar-refractivity contribution < 1.29 is 23.2 Å². The molecule has 9 heteroatoms. The molecule has 1 aliphatic heterocycles. The Labute approximate surface area is 142 Å². The van der Waals surface area contributed by atoms with Gasteiger partial charge in [0.15, 0.2) is 0 Å². The first-order valence-electron chi connectivity index (χ1n) is 7.51. The van der Waals surface area contributed by atoms with Crippen LogP contribution in [0.2, 0.25) is 0 Å². The van der Waals surface area contributed by atoms with E-state index in [9.17, 15) is 23.2 Å². The number of carbonyl (C=O) groups is 3. The molecule has 3 N–H and O–H groups in total. The average molecular weight is 352 g/mol. The Hall–Kier alpha value is -2.84. The summed E-state index contributed by atoms with van der Waals surface area (Å²) < 4.78 is 26.8. The molecule has 1 aromatic heterocycles. The maximum Gasteiger partial charge on any atom is 0.276 e. The molecular formula is C16H18F2N4O3. The number of nitrogens with two attached hydrogens (primary N) is 1. The van der Waals surface area contributed by atoms with Crippen molar-refractivity contribution in [3.05, 3.63) is 34.5 Å². The molecule has 0 aliphatic carbocycles. The number of primary amides is 1. The van der Waals surface area contributed by atoms with E-state index in [4.69, 9.17) is 5.73 Å². The lowest BCUT2D eigenvalue weighted by atomic mass is 10.1. The van der Waals surface area contributed by atoms with Crippen LogP contribution in [0.4, 0.5) is 14.6 Å². The number of anilines is 1. The van der Waals surface area contributed by atoms with Gasteiger partial charge in [0.05, 0.1) is 0 Å². The number of pyridine rings is 1. The van der Waals surface area contributed by atoms with Gasteiger partial charge in [-0.25, -0.2) is 13.8 Å². The molecular weight excluding hydrogens is 334 g/mol. The fraction of sp³-hybridized carbons (Fsp3) is 0.375. The van der Waals surface area contributed by atoms with Crippen molar-refractivity contribution >= 4 is 23.5 Å². The standard InChI is InChI=1S/C16H18F2N4O3/c1-8-10(4-6-12(19)23)15(25)22(14(8)24)21-13-7-5-11(9(2)20-13)16(3,17)18/h5,7H,4,6H2,1-3H3,(H2,19,23)(H,20,21). The first-order valence-corrected chi connectivity index (χ1v) is 7.51. The third-order valence-corrected chi connectivity index (χ3v) is 3.84. The highest BCUT2D eigenvalue weighted by molar-refractivity contribution is 6.19. The molecule has 0 fully saturated rings. The highest BCUT2D eigenvalue weighted by Crippen LogP contribution is 2.30. The Morgan fingerprint density at radius 3 is 2.44 bits per heavy atom. The molecule has 0 bridgehead atoms. The smallest absolute Gasteiger partial charge is 0.276 e. The third kappa shape index (κ3) is 3.81. The van der Waals surface area contributed by atoms with Crippen molar-refractivity contribution in [3.8, 4) is 0 Å². The van der Waals surface area contributed by atoms with Crippen molar-refractivity contribution in [2.24, 2.45) is 5.73 Å². The van der Waals surface area contributed by atoms with E-state index in [1.165, 1.54) is 26.0 Å². The minimum Gasteiger partial charge on any atom is -0.370 e. The van der Waals surface area contributed by atoms with Crippen molar-refractivity contribution in [1.29, 1.82) is 0 Å². The summed E-state index contributed by atoms with van der Waals surface area (Å²) in [5.41, 5.74) is 7.81. The zero-order chi connectivity index (χ0) is 18.9. The number of amides is 3. The number of nitrogens with one attached hydrogen (secondary N) is 1. The third-order valence-electron chi connectivity index (χ3n) is 3.84. The Bertz CT molecular complexity index is 784. The summed E-state index contributed by atoms with van der Waals surface area (Å²) >= 11 is 0. The number of hydrazine groups is 1. The van der Waals surface area contributed by atoms with E-state index >= 15 is 0 Å². The number of aryl methyl sites for hydroxylation is 1. The Kier molecular flexibility index (Phi) is 4.87. The number of aromatic nitrogens is 1. The fourth-order valence-electron chi connectivity index (χ4n) is 2.53. The minimum atomic E-state index is -3.05. The van der Waals surface area contributed by atoms with E-state index in [2.05, 4.69) is 10.4 Å². The number of alkyl halides is 2. The van der Waals surface area contributed by atoms with Crippen LogP contribution in [0.15, 0.2) is 23.3 Å². The predicted molar refractivity (Wildman–Crippen MR) is 85.1 cm³/mol. The number of nitrogens with zero attached hydrogens (tertiary/aromatic N) is 2. The van der Waals surface area contributed by atoms with Gasteiger partial charge in [0, 0.05) is 35.7 Å². The van der Waals surface area contributed by atoms with E-state index in [0.717, 1.165) is 11.9 Å². The molecule has 1 aromatic rings. The molecule has 25 heavy (non-hydrogen) atoms. The monoisotopic (exact) mass is 352 g/mol. The van der Waals surface area contributed by atoms with Crippen LogP contribution in [0.3, 0.4) is 0 Å². The summed E-state index contributed by atoms with van der Waals surface area (Å²) in [6.07, 6.45) is -0.00541. The number of hydrogen-bond acceptors (Lipinski definition) is 5. The van der Waals surface area contributed by atoms with Gasteiger partial charge in [-0.3, -0.25) is 19.8 Å². The summed E-state index contributed by atoms with van der Waals surface area (Å²) in [7, 11) is 0. The van der Waals surface area contributed by atoms with Crippen molar-refractivity contribution in [2.75, 3.05) is 5.43 Å². The summed E-state index contributed by atoms with van der Waals surface area (Å²) in [4.78, 5) is 39.4. The van der Waals surface area contributed by atoms with Crippen LogP contribution >= 0.6 is 0 Å². The number of halogens is 2. The average Bonchev–Trinajstić information content (AvgIpc) is 2.68. The number of imide groups is 1. The lowest BCUT2D eigenvalue weighted by molar-refractivity contribution is -0.136. The maximum atomic E-state index is 13.4. The largest absolute Gasteiger partial charge is 0.370 e. The van der Waals surface area contributed by atoms with Gasteiger partial charge in [0.2, 0.25) is 5.91 Å². The lowest BCUT2D eigenvalue weighted by Gasteiger charge is -2.19. The van der Waals surface area contributed by atoms with Crippen LogP contribution in [0, 0.1) is 6.92 Å². The maximum absolute atomic E-state index is 13.4. The van der Waals surface area contributed by atoms with E-state index < -0.39 is 23.6 Å². The predicted octanol–water partition coefficient (Wildman–Crippen LogP) is 1.78. The molecule has 0 spiro atoms. The van der Waals surface area contributed by atoms with Crippen LogP contribution in [0.25, 0.3) is 0 Å². The van der Waals surface area contributed by atoms with Gasteiger partial charge in [-0.05, 0) is 32.4 Å². The molecule has 0 radical (unpaired) electrons. The zero-order valence-corrected chi connectivity index (χ0v) is 14.0. The second kappa shape index (κ2) is 6.58. The summed E-state index contributed by atoms with van der Waals surface area (Å²) in [5.74, 6) is -4.76. The number of hydrogen-bond donors (Lipinski definition) is 2. The molecule has 7 nitrogen and oxygen atoms in total. The first kappa shape index (κ1) is 18.5. The molecule has 2 rings (SSSR count). The van der Waals surface area contributed by atoms with Crippen LogP contribution < -0.4 is 11.2 Å². The molecule has 0 atom stereocenters. The molecule has 0 unspecified atom stereocenters. The summed E-state index contributed by atoms with van der Waals surface area (Å²) in [6.45, 7) is 3.64. The van der Waals surface area contributed by atoms with Gasteiger partial charge in [0.1, 0.15) is 5.82 Å². The van der Waals surface area contributed by atoms with E-state index in [1.807, 2.05) is 0 Å². The number of carbonyl (C=O) groups excluding carboxylic acids is 3. The van der Waals surface area contributed by atoms with Crippen LogP contribution in [-0.4, -0.2) is 27.7 Å². The Morgan fingerprint density at radius 2 is 1.92 bits per heavy atom. The van der Waals surface area contributed by atoms with Gasteiger partial charge >= 0.3 is 0 Å². The van der Waals surface area contributed by atoms with E-state index in [1.54, 1.807) is 0 Å². The van der Waals surface area contributed by atoms with Gasteiger partial charge in [-0.1, -0.05) is 0 Å². The normalized spacial score (nSPS) is 15.2. The van der Waals surface area contributed by atoms with Gasteiger partial charge in [0.25, 0.3) is 17.7 Å². The molecule has 134 valence electrons. The van der Waals surface area contributed by atoms with Crippen molar-refractivity contribution in [1.82, 2.24) is 9.99 Å². The molecule has 3 amide bonds. The minimum absolute atomic E-state index is 0.0529. The molecule has 1 aliphatic rings. The van der Waals surface area contributed by atoms with Crippen LogP contribution in [0.1, 0.15) is 37.9 Å². The van der Waals surface area contributed by atoms with E-state index in [0.29, 0.717) is 0 Å². The lowest BCUT2D eigenvalue weighted by Crippen LogP contribution is -2.37. The highest BCUT2D eigenvalue weighted by atomic mass is 19.3. The summed E-state index contributed by atoms with van der Waals surface area (Å²) in [6, 6.07) is 2.45. The van der Waals surface area contributed by atoms with Gasteiger partial charge in [-0.15, -0.1) is 0 Å². The molecule has 2 heterocycles. The van der Waals surface area contributed by atoms with E-state index in [-0.39, 0.29) is 41.1 Å². The SMILES string of the molecule is CC1=C(CCC(N)=O)C(=O)N(Nc2ccc(C(C)(F)F)c(C)n2)C1=O. The number of rotatable bonds is 6. The second-order valence-electron chi connectivity index (χ2n) is 5.85. The molecule has 0 saturated heterocycles. The Morgan fingerprint density at radius 1 is 1.28 bits per heavy atom. The fourth-order valence-corrected chi connectivity index (χ4v) is 2.53. The second-order valence-corrected chi connectivity index (χ2v) is 5.85. The van der Waals surface area contributed by atoms with Crippen molar-refractivity contribution in [2.45, 2.75) is 39.5 Å². The highest BCUT2D eigenvalue weighted by Gasteiger charge is 2.36. The topological polar surface area (TPSA) is 105 Å². The van der Waals surface area contributed by atoms with Gasteiger partial charge < -0.3 is 5.73 Å². The zero-order valence-electron chi connectivity index (χ0n) is 14.0. The van der Waals surface area contributed by atoms with Crippen LogP contribution in [0.5, 0.6) is 0 Å². The summed E-state index contributed by atoms with van der Waals surface area (Å²) in [5, 5.41) is 0.747. The van der Waals surface area contributed by atoms with Crippen molar-refractivity contribution in [3.63, 3.8) is 0 Å². The van der Waals surface area contributed by atoms with Crippen LogP contribution in [-0.2, 0) is 20.3 Å². The van der Waals surface area contributed by atoms with Gasteiger partial charge in [-0.2, -0.15) is 5.01 Å². The molecule has 0 saturated carbocycles.